The van der Waals surface area contributed by atoms with E-state index in [9.17, 15) is 4.79 Å². The van der Waals surface area contributed by atoms with Crippen molar-refractivity contribution in [2.75, 3.05) is 0 Å². The van der Waals surface area contributed by atoms with Gasteiger partial charge in [0.1, 0.15) is 0 Å². The summed E-state index contributed by atoms with van der Waals surface area (Å²) in [5.74, 6) is 0. The molecule has 0 fully saturated rings. The van der Waals surface area contributed by atoms with E-state index in [1.54, 1.807) is 0 Å². The minimum absolute atomic E-state index is 0.144. The van der Waals surface area contributed by atoms with Crippen LogP contribution in [-0.4, -0.2) is 15.3 Å². The molecule has 94 valence electrons. The summed E-state index contributed by atoms with van der Waals surface area (Å²) in [6, 6.07) is 11.5. The first-order valence-electron chi connectivity index (χ1n) is 5.56. The van der Waals surface area contributed by atoms with Crippen LogP contribution in [0.5, 0.6) is 0 Å². The Bertz CT molecular complexity index is 561. The fraction of sp³-hybridized carbons (Fsp3) is 0.167. The lowest BCUT2D eigenvalue weighted by molar-refractivity contribution is 0.809. The van der Waals surface area contributed by atoms with Crippen molar-refractivity contribution >= 4 is 17.3 Å². The van der Waals surface area contributed by atoms with Crippen molar-refractivity contribution < 1.29 is 0 Å². The first-order valence-corrected chi connectivity index (χ1v) is 5.97. The van der Waals surface area contributed by atoms with Crippen LogP contribution in [0.25, 0.3) is 0 Å². The zero-order chi connectivity index (χ0) is 12.8. The average molecular weight is 262 g/mol. The number of aromatic nitrogens is 2. The maximum atomic E-state index is 10.9. The first kappa shape index (κ1) is 12.4. The van der Waals surface area contributed by atoms with Crippen molar-refractivity contribution in [3.8, 4) is 0 Å². The van der Waals surface area contributed by atoms with E-state index >= 15 is 0 Å². The van der Waals surface area contributed by atoms with E-state index in [4.69, 9.17) is 12.2 Å². The smallest absolute Gasteiger partial charge is 0.264 e. The predicted octanol–water partition coefficient (Wildman–Crippen LogP) is 0.867. The van der Waals surface area contributed by atoms with E-state index in [1.165, 1.54) is 6.07 Å². The van der Waals surface area contributed by atoms with Gasteiger partial charge >= 0.3 is 0 Å². The molecule has 2 aromatic rings. The second-order valence-corrected chi connectivity index (χ2v) is 4.21. The molecule has 1 aromatic carbocycles. The second kappa shape index (κ2) is 6.02. The van der Waals surface area contributed by atoms with Crippen LogP contribution in [0.3, 0.4) is 0 Å². The monoisotopic (exact) mass is 262 g/mol. The Labute approximate surface area is 110 Å². The lowest BCUT2D eigenvalue weighted by Crippen LogP contribution is -2.34. The van der Waals surface area contributed by atoms with E-state index in [0.29, 0.717) is 18.2 Å². The fourth-order valence-corrected chi connectivity index (χ4v) is 1.63. The number of nitrogens with one attached hydrogen (secondary N) is 4. The summed E-state index contributed by atoms with van der Waals surface area (Å²) in [4.78, 5) is 10.9. The molecule has 6 heteroatoms. The Hall–Kier alpha value is -2.08. The molecule has 0 aliphatic rings. The number of hydrogen-bond acceptors (Lipinski definition) is 2. The highest BCUT2D eigenvalue weighted by Crippen LogP contribution is 1.96. The Morgan fingerprint density at radius 2 is 1.83 bits per heavy atom. The normalized spacial score (nSPS) is 10.0. The van der Waals surface area contributed by atoms with Gasteiger partial charge in [-0.05, 0) is 17.8 Å². The van der Waals surface area contributed by atoms with E-state index < -0.39 is 0 Å². The van der Waals surface area contributed by atoms with Crippen LogP contribution in [0, 0.1) is 0 Å². The van der Waals surface area contributed by atoms with Gasteiger partial charge < -0.3 is 15.7 Å². The van der Waals surface area contributed by atoms with Crippen LogP contribution < -0.4 is 16.2 Å². The predicted molar refractivity (Wildman–Crippen MR) is 74.1 cm³/mol. The number of thiocarbonyl (C=S) groups is 1. The molecule has 0 saturated carbocycles. The van der Waals surface area contributed by atoms with Crippen molar-refractivity contribution in [1.82, 2.24) is 20.8 Å². The molecule has 0 spiro atoms. The number of benzene rings is 1. The highest BCUT2D eigenvalue weighted by Gasteiger charge is 1.98. The SMILES string of the molecule is O=c1cc(CNC(=S)NCc2ccccc2)[nH][nH]1. The minimum Gasteiger partial charge on any atom is -0.359 e. The molecule has 0 radical (unpaired) electrons. The highest BCUT2D eigenvalue weighted by molar-refractivity contribution is 7.80. The molecule has 0 aliphatic heterocycles. The van der Waals surface area contributed by atoms with E-state index in [1.807, 2.05) is 30.3 Å². The second-order valence-electron chi connectivity index (χ2n) is 3.81. The summed E-state index contributed by atoms with van der Waals surface area (Å²) in [5.41, 5.74) is 1.79. The number of H-pyrrole nitrogens is 2. The number of hydrogen-bond donors (Lipinski definition) is 4. The Kier molecular flexibility index (Phi) is 4.14. The number of aromatic amines is 2. The Morgan fingerprint density at radius 1 is 1.11 bits per heavy atom. The summed E-state index contributed by atoms with van der Waals surface area (Å²) in [7, 11) is 0. The van der Waals surface area contributed by atoms with Gasteiger partial charge in [0.05, 0.1) is 12.2 Å². The van der Waals surface area contributed by atoms with Gasteiger partial charge in [0, 0.05) is 12.6 Å². The minimum atomic E-state index is -0.144. The lowest BCUT2D eigenvalue weighted by atomic mass is 10.2. The van der Waals surface area contributed by atoms with Crippen molar-refractivity contribution in [1.29, 1.82) is 0 Å². The van der Waals surface area contributed by atoms with E-state index in [2.05, 4.69) is 20.8 Å². The first-order chi connectivity index (χ1) is 8.74. The van der Waals surface area contributed by atoms with Crippen LogP contribution in [0.2, 0.25) is 0 Å². The van der Waals surface area contributed by atoms with E-state index in [0.717, 1.165) is 11.3 Å². The van der Waals surface area contributed by atoms with Gasteiger partial charge in [-0.15, -0.1) is 0 Å². The molecule has 0 saturated heterocycles. The van der Waals surface area contributed by atoms with Crippen LogP contribution in [0.4, 0.5) is 0 Å². The molecule has 4 N–H and O–H groups in total. The highest BCUT2D eigenvalue weighted by atomic mass is 32.1. The van der Waals surface area contributed by atoms with Gasteiger partial charge in [0.25, 0.3) is 5.56 Å². The van der Waals surface area contributed by atoms with Gasteiger partial charge in [-0.1, -0.05) is 30.3 Å². The molecular weight excluding hydrogens is 248 g/mol. The van der Waals surface area contributed by atoms with E-state index in [-0.39, 0.29) is 5.56 Å². The Balaban J connectivity index is 1.74. The molecule has 0 atom stereocenters. The van der Waals surface area contributed by atoms with Crippen molar-refractivity contribution in [2.24, 2.45) is 0 Å². The zero-order valence-electron chi connectivity index (χ0n) is 9.69. The topological polar surface area (TPSA) is 72.7 Å². The van der Waals surface area contributed by atoms with Gasteiger partial charge in [-0.25, -0.2) is 0 Å². The summed E-state index contributed by atoms with van der Waals surface area (Å²) >= 11 is 5.13. The molecule has 1 aromatic heterocycles. The maximum absolute atomic E-state index is 10.9. The van der Waals surface area contributed by atoms with Crippen molar-refractivity contribution in [2.45, 2.75) is 13.1 Å². The van der Waals surface area contributed by atoms with Crippen molar-refractivity contribution in [3.05, 3.63) is 58.0 Å². The summed E-state index contributed by atoms with van der Waals surface area (Å²) in [5, 5.41) is 11.9. The average Bonchev–Trinajstić information content (AvgIpc) is 2.81. The van der Waals surface area contributed by atoms with Crippen LogP contribution >= 0.6 is 12.2 Å². The fourth-order valence-electron chi connectivity index (χ4n) is 1.48. The molecule has 0 amide bonds. The van der Waals surface area contributed by atoms with Crippen LogP contribution in [-0.2, 0) is 13.1 Å². The molecule has 2 rings (SSSR count). The van der Waals surface area contributed by atoms with Crippen LogP contribution in [0.1, 0.15) is 11.3 Å². The van der Waals surface area contributed by atoms with Gasteiger partial charge in [0.2, 0.25) is 0 Å². The van der Waals surface area contributed by atoms with Crippen molar-refractivity contribution in [3.63, 3.8) is 0 Å². The van der Waals surface area contributed by atoms with Crippen LogP contribution in [0.15, 0.2) is 41.2 Å². The molecular formula is C12H14N4OS. The molecule has 0 unspecified atom stereocenters. The van der Waals surface area contributed by atoms with Gasteiger partial charge in [-0.3, -0.25) is 9.89 Å². The quantitative estimate of drug-likeness (QED) is 0.617. The third-order valence-corrected chi connectivity index (χ3v) is 2.68. The Morgan fingerprint density at radius 3 is 2.50 bits per heavy atom. The summed E-state index contributed by atoms with van der Waals surface area (Å²) in [6.07, 6.45) is 0. The summed E-state index contributed by atoms with van der Waals surface area (Å²) < 4.78 is 0. The molecule has 18 heavy (non-hydrogen) atoms. The summed E-state index contributed by atoms with van der Waals surface area (Å²) in [6.45, 7) is 1.16. The van der Waals surface area contributed by atoms with Gasteiger partial charge in [-0.2, -0.15) is 0 Å². The zero-order valence-corrected chi connectivity index (χ0v) is 10.5. The molecule has 0 bridgehead atoms. The maximum Gasteiger partial charge on any atom is 0.264 e. The molecule has 0 aliphatic carbocycles. The standard InChI is InChI=1S/C12H14N4OS/c17-11-6-10(15-16-11)8-14-12(18)13-7-9-4-2-1-3-5-9/h1-6H,7-8H2,(H2,13,14,18)(H2,15,16,17). The van der Waals surface area contributed by atoms with Gasteiger partial charge in [0.15, 0.2) is 5.11 Å². The third-order valence-electron chi connectivity index (χ3n) is 2.39. The largest absolute Gasteiger partial charge is 0.359 e. The molecule has 1 heterocycles. The number of rotatable bonds is 4. The lowest BCUT2D eigenvalue weighted by Gasteiger charge is -2.09. The molecule has 5 nitrogen and oxygen atoms in total. The third kappa shape index (κ3) is 3.74.